The van der Waals surface area contributed by atoms with Crippen LogP contribution < -0.4 is 5.32 Å². The molecule has 0 aliphatic rings. The molecule has 0 spiro atoms. The van der Waals surface area contributed by atoms with Gasteiger partial charge in [-0.3, -0.25) is 4.79 Å². The van der Waals surface area contributed by atoms with Crippen molar-refractivity contribution in [3.05, 3.63) is 29.8 Å². The maximum absolute atomic E-state index is 10.9. The molecule has 0 bridgehead atoms. The lowest BCUT2D eigenvalue weighted by Crippen LogP contribution is -2.24. The van der Waals surface area contributed by atoms with Crippen molar-refractivity contribution in [1.29, 1.82) is 0 Å². The van der Waals surface area contributed by atoms with Crippen LogP contribution in [0.1, 0.15) is 18.9 Å². The molecule has 0 aliphatic carbocycles. The molecule has 1 amide bonds. The maximum atomic E-state index is 10.9. The van der Waals surface area contributed by atoms with Gasteiger partial charge in [-0.2, -0.15) is 0 Å². The maximum Gasteiger partial charge on any atom is 0.219 e. The molecule has 0 saturated carbocycles. The number of benzene rings is 1. The largest absolute Gasteiger partial charge is 0.355 e. The van der Waals surface area contributed by atoms with Crippen LogP contribution in [0.4, 0.5) is 0 Å². The summed E-state index contributed by atoms with van der Waals surface area (Å²) in [6.07, 6.45) is 0.565. The summed E-state index contributed by atoms with van der Waals surface area (Å²) in [4.78, 5) is 12.2. The molecule has 1 N–H and O–H groups in total. The molecule has 15 heavy (non-hydrogen) atoms. The van der Waals surface area contributed by atoms with Crippen LogP contribution in [-0.2, 0) is 4.79 Å². The molecule has 0 fully saturated rings. The van der Waals surface area contributed by atoms with Gasteiger partial charge < -0.3 is 5.32 Å². The first kappa shape index (κ1) is 12.1. The number of nitrogens with one attached hydrogen (secondary N) is 1. The number of hydrogen-bond acceptors (Lipinski definition) is 2. The zero-order chi connectivity index (χ0) is 11.1. The predicted octanol–water partition coefficient (Wildman–Crippen LogP) is 2.61. The number of aryl methyl sites for hydroxylation is 1. The Hall–Kier alpha value is -0.960. The fraction of sp³-hybridized carbons (Fsp3) is 0.417. The molecule has 0 unspecified atom stereocenters. The van der Waals surface area contributed by atoms with Gasteiger partial charge in [-0.05, 0) is 19.1 Å². The lowest BCUT2D eigenvalue weighted by atomic mass is 10.2. The first-order valence-electron chi connectivity index (χ1n) is 5.18. The van der Waals surface area contributed by atoms with E-state index in [4.69, 9.17) is 0 Å². The molecule has 82 valence electrons. The summed E-state index contributed by atoms with van der Waals surface area (Å²) in [7, 11) is 0. The van der Waals surface area contributed by atoms with Gasteiger partial charge in [0.15, 0.2) is 0 Å². The number of carbonyl (C=O) groups is 1. The Morgan fingerprint density at radius 1 is 1.33 bits per heavy atom. The second-order valence-electron chi connectivity index (χ2n) is 3.37. The Bertz CT molecular complexity index is 308. The minimum atomic E-state index is 0.125. The van der Waals surface area contributed by atoms with Gasteiger partial charge in [-0.15, -0.1) is 11.8 Å². The molecular weight excluding hydrogens is 206 g/mol. The highest BCUT2D eigenvalue weighted by Gasteiger charge is 1.96. The Morgan fingerprint density at radius 2 is 2.00 bits per heavy atom. The normalized spacial score (nSPS) is 10.0. The summed E-state index contributed by atoms with van der Waals surface area (Å²) in [5.74, 6) is 1.05. The van der Waals surface area contributed by atoms with Crippen molar-refractivity contribution in [2.24, 2.45) is 0 Å². The van der Waals surface area contributed by atoms with E-state index in [0.29, 0.717) is 6.42 Å². The van der Waals surface area contributed by atoms with Crippen molar-refractivity contribution < 1.29 is 4.79 Å². The van der Waals surface area contributed by atoms with Crippen LogP contribution in [0.25, 0.3) is 0 Å². The van der Waals surface area contributed by atoms with E-state index in [2.05, 4.69) is 36.5 Å². The Morgan fingerprint density at radius 3 is 2.60 bits per heavy atom. The van der Waals surface area contributed by atoms with Crippen LogP contribution >= 0.6 is 11.8 Å². The van der Waals surface area contributed by atoms with E-state index >= 15 is 0 Å². The SMILES string of the molecule is CCC(=O)NCCSc1ccc(C)cc1. The monoisotopic (exact) mass is 223 g/mol. The molecule has 0 heterocycles. The topological polar surface area (TPSA) is 29.1 Å². The average molecular weight is 223 g/mol. The Balaban J connectivity index is 2.20. The van der Waals surface area contributed by atoms with E-state index in [9.17, 15) is 4.79 Å². The van der Waals surface area contributed by atoms with Crippen molar-refractivity contribution in [3.63, 3.8) is 0 Å². The van der Waals surface area contributed by atoms with Crippen LogP contribution in [0.2, 0.25) is 0 Å². The highest BCUT2D eigenvalue weighted by Crippen LogP contribution is 2.17. The molecule has 3 heteroatoms. The Kier molecular flexibility index (Phi) is 5.26. The molecule has 0 atom stereocenters. The highest BCUT2D eigenvalue weighted by molar-refractivity contribution is 7.99. The quantitative estimate of drug-likeness (QED) is 0.614. The van der Waals surface area contributed by atoms with Gasteiger partial charge >= 0.3 is 0 Å². The molecular formula is C12H17NOS. The van der Waals surface area contributed by atoms with Crippen LogP contribution in [-0.4, -0.2) is 18.2 Å². The third-order valence-corrected chi connectivity index (χ3v) is 3.05. The minimum absolute atomic E-state index is 0.125. The summed E-state index contributed by atoms with van der Waals surface area (Å²) in [5.41, 5.74) is 1.28. The molecule has 2 nitrogen and oxygen atoms in total. The van der Waals surface area contributed by atoms with Gasteiger partial charge in [0.25, 0.3) is 0 Å². The fourth-order valence-corrected chi connectivity index (χ4v) is 1.89. The molecule has 1 aromatic carbocycles. The number of carbonyl (C=O) groups excluding carboxylic acids is 1. The third-order valence-electron chi connectivity index (χ3n) is 2.04. The van der Waals surface area contributed by atoms with Crippen LogP contribution in [0.15, 0.2) is 29.2 Å². The summed E-state index contributed by atoms with van der Waals surface area (Å²) >= 11 is 1.77. The van der Waals surface area contributed by atoms with Gasteiger partial charge in [0, 0.05) is 23.6 Å². The molecule has 1 rings (SSSR count). The van der Waals surface area contributed by atoms with Crippen molar-refractivity contribution in [2.75, 3.05) is 12.3 Å². The number of rotatable bonds is 5. The van der Waals surface area contributed by atoms with Gasteiger partial charge in [0.05, 0.1) is 0 Å². The second kappa shape index (κ2) is 6.51. The lowest BCUT2D eigenvalue weighted by Gasteiger charge is -2.03. The van der Waals surface area contributed by atoms with E-state index in [1.54, 1.807) is 11.8 Å². The number of hydrogen-bond donors (Lipinski definition) is 1. The summed E-state index contributed by atoms with van der Waals surface area (Å²) in [5, 5.41) is 2.85. The van der Waals surface area contributed by atoms with Crippen LogP contribution in [0, 0.1) is 6.92 Å². The van der Waals surface area contributed by atoms with Crippen molar-refractivity contribution >= 4 is 17.7 Å². The van der Waals surface area contributed by atoms with Crippen molar-refractivity contribution in [1.82, 2.24) is 5.32 Å². The minimum Gasteiger partial charge on any atom is -0.355 e. The molecule has 0 aromatic heterocycles. The van der Waals surface area contributed by atoms with Gasteiger partial charge in [0.1, 0.15) is 0 Å². The number of amides is 1. The van der Waals surface area contributed by atoms with E-state index in [-0.39, 0.29) is 5.91 Å². The molecule has 1 aromatic rings. The zero-order valence-electron chi connectivity index (χ0n) is 9.25. The third kappa shape index (κ3) is 4.88. The second-order valence-corrected chi connectivity index (χ2v) is 4.53. The molecule has 0 saturated heterocycles. The van der Waals surface area contributed by atoms with E-state index < -0.39 is 0 Å². The zero-order valence-corrected chi connectivity index (χ0v) is 10.1. The fourth-order valence-electron chi connectivity index (χ4n) is 1.12. The summed E-state index contributed by atoms with van der Waals surface area (Å²) in [6.45, 7) is 4.68. The molecule has 0 radical (unpaired) electrons. The smallest absolute Gasteiger partial charge is 0.219 e. The van der Waals surface area contributed by atoms with Gasteiger partial charge in [0.2, 0.25) is 5.91 Å². The van der Waals surface area contributed by atoms with E-state index in [1.807, 2.05) is 6.92 Å². The molecule has 0 aliphatic heterocycles. The highest BCUT2D eigenvalue weighted by atomic mass is 32.2. The van der Waals surface area contributed by atoms with Gasteiger partial charge in [-0.25, -0.2) is 0 Å². The van der Waals surface area contributed by atoms with Crippen LogP contribution in [0.3, 0.4) is 0 Å². The Labute approximate surface area is 95.5 Å². The number of thioether (sulfide) groups is 1. The van der Waals surface area contributed by atoms with E-state index in [1.165, 1.54) is 10.5 Å². The lowest BCUT2D eigenvalue weighted by molar-refractivity contribution is -0.120. The van der Waals surface area contributed by atoms with Gasteiger partial charge in [-0.1, -0.05) is 24.6 Å². The average Bonchev–Trinajstić information content (AvgIpc) is 2.26. The van der Waals surface area contributed by atoms with Crippen molar-refractivity contribution in [3.8, 4) is 0 Å². The first-order valence-corrected chi connectivity index (χ1v) is 6.17. The predicted molar refractivity (Wildman–Crippen MR) is 65.2 cm³/mol. The van der Waals surface area contributed by atoms with Crippen molar-refractivity contribution in [2.45, 2.75) is 25.2 Å². The van der Waals surface area contributed by atoms with E-state index in [0.717, 1.165) is 12.3 Å². The first-order chi connectivity index (χ1) is 7.22. The standard InChI is InChI=1S/C12H17NOS/c1-3-12(14)13-8-9-15-11-6-4-10(2)5-7-11/h4-7H,3,8-9H2,1-2H3,(H,13,14). The summed E-state index contributed by atoms with van der Waals surface area (Å²) in [6, 6.07) is 8.43. The van der Waals surface area contributed by atoms with Crippen LogP contribution in [0.5, 0.6) is 0 Å². The summed E-state index contributed by atoms with van der Waals surface area (Å²) < 4.78 is 0.